The molecule has 3 rings (SSSR count). The molecule has 7 nitrogen and oxygen atoms in total. The Morgan fingerprint density at radius 2 is 2.11 bits per heavy atom. The summed E-state index contributed by atoms with van der Waals surface area (Å²) in [7, 11) is 1.46. The normalized spacial score (nSPS) is 10.9. The van der Waals surface area contributed by atoms with E-state index >= 15 is 0 Å². The highest BCUT2D eigenvalue weighted by molar-refractivity contribution is 6.30. The molecule has 0 bridgehead atoms. The number of phenolic OH excluding ortho intramolecular Hbond substituents is 1. The minimum atomic E-state index is -0.328. The van der Waals surface area contributed by atoms with Crippen LogP contribution in [0.5, 0.6) is 11.5 Å². The molecule has 3 aromatic rings. The Morgan fingerprint density at radius 3 is 2.78 bits per heavy atom. The molecule has 27 heavy (non-hydrogen) atoms. The van der Waals surface area contributed by atoms with Crippen molar-refractivity contribution < 1.29 is 14.6 Å². The lowest BCUT2D eigenvalue weighted by atomic mass is 10.1. The van der Waals surface area contributed by atoms with E-state index in [1.807, 2.05) is 12.1 Å². The van der Waals surface area contributed by atoms with Crippen LogP contribution in [0.3, 0.4) is 0 Å². The van der Waals surface area contributed by atoms with Crippen molar-refractivity contribution in [1.82, 2.24) is 15.2 Å². The van der Waals surface area contributed by atoms with E-state index in [0.29, 0.717) is 28.4 Å². The standard InChI is InChI=1S/C19H17ClN4O3/c1-27-18-8-14(4-7-17(18)25)9-21-23-19(26)15-5-2-13(3-6-15)11-24-12-16(20)10-22-24/h2-10,12,25H,11H2,1H3,(H,23,26)/b21-9-. The zero-order valence-electron chi connectivity index (χ0n) is 14.5. The second-order valence-electron chi connectivity index (χ2n) is 5.68. The van der Waals surface area contributed by atoms with Crippen molar-refractivity contribution in [3.8, 4) is 11.5 Å². The molecule has 1 amide bonds. The van der Waals surface area contributed by atoms with E-state index < -0.39 is 0 Å². The van der Waals surface area contributed by atoms with Crippen LogP contribution in [-0.4, -0.2) is 34.1 Å². The van der Waals surface area contributed by atoms with Crippen LogP contribution < -0.4 is 10.2 Å². The van der Waals surface area contributed by atoms with E-state index in [1.54, 1.807) is 41.3 Å². The van der Waals surface area contributed by atoms with E-state index in [1.165, 1.54) is 19.4 Å². The Labute approximate surface area is 160 Å². The maximum Gasteiger partial charge on any atom is 0.271 e. The minimum Gasteiger partial charge on any atom is -0.504 e. The molecule has 1 heterocycles. The zero-order chi connectivity index (χ0) is 19.2. The van der Waals surface area contributed by atoms with Gasteiger partial charge in [-0.3, -0.25) is 9.48 Å². The number of carbonyl (C=O) groups excluding carboxylic acids is 1. The molecule has 1 aromatic heterocycles. The Bertz CT molecular complexity index is 967. The number of halogens is 1. The summed E-state index contributed by atoms with van der Waals surface area (Å²) in [4.78, 5) is 12.2. The topological polar surface area (TPSA) is 88.7 Å². The van der Waals surface area contributed by atoms with Crippen LogP contribution in [0, 0.1) is 0 Å². The number of phenols is 1. The summed E-state index contributed by atoms with van der Waals surface area (Å²) in [6, 6.07) is 11.9. The lowest BCUT2D eigenvalue weighted by Crippen LogP contribution is -2.17. The van der Waals surface area contributed by atoms with Crippen LogP contribution in [0.15, 0.2) is 60.0 Å². The van der Waals surface area contributed by atoms with E-state index in [4.69, 9.17) is 16.3 Å². The third-order valence-corrected chi connectivity index (χ3v) is 3.94. The second kappa shape index (κ2) is 8.37. The van der Waals surface area contributed by atoms with Crippen molar-refractivity contribution in [2.45, 2.75) is 6.54 Å². The molecule has 8 heteroatoms. The molecule has 2 N–H and O–H groups in total. The SMILES string of the molecule is COc1cc(/C=N\NC(=O)c2ccc(Cn3cc(Cl)cn3)cc2)ccc1O. The maximum absolute atomic E-state index is 12.2. The lowest BCUT2D eigenvalue weighted by Gasteiger charge is -2.05. The fourth-order valence-corrected chi connectivity index (χ4v) is 2.53. The van der Waals surface area contributed by atoms with Gasteiger partial charge in [0.2, 0.25) is 0 Å². The number of hydrogen-bond donors (Lipinski definition) is 2. The zero-order valence-corrected chi connectivity index (χ0v) is 15.2. The van der Waals surface area contributed by atoms with Crippen LogP contribution in [0.2, 0.25) is 5.02 Å². The molecule has 0 aliphatic carbocycles. The van der Waals surface area contributed by atoms with Crippen LogP contribution in [0.4, 0.5) is 0 Å². The summed E-state index contributed by atoms with van der Waals surface area (Å²) in [5.41, 5.74) is 4.62. The number of aromatic nitrogens is 2. The number of hydrazone groups is 1. The van der Waals surface area contributed by atoms with Gasteiger partial charge in [-0.15, -0.1) is 0 Å². The van der Waals surface area contributed by atoms with Gasteiger partial charge < -0.3 is 9.84 Å². The fourth-order valence-electron chi connectivity index (χ4n) is 2.38. The smallest absolute Gasteiger partial charge is 0.271 e. The van der Waals surface area contributed by atoms with Crippen molar-refractivity contribution in [2.75, 3.05) is 7.11 Å². The van der Waals surface area contributed by atoms with Gasteiger partial charge >= 0.3 is 0 Å². The van der Waals surface area contributed by atoms with Gasteiger partial charge in [-0.25, -0.2) is 5.43 Å². The summed E-state index contributed by atoms with van der Waals surface area (Å²) in [5, 5.41) is 18.2. The van der Waals surface area contributed by atoms with Crippen LogP contribution in [-0.2, 0) is 6.54 Å². The largest absolute Gasteiger partial charge is 0.504 e. The number of ether oxygens (including phenoxy) is 1. The van der Waals surface area contributed by atoms with Gasteiger partial charge in [-0.2, -0.15) is 10.2 Å². The highest BCUT2D eigenvalue weighted by atomic mass is 35.5. The van der Waals surface area contributed by atoms with Crippen LogP contribution in [0.1, 0.15) is 21.5 Å². The first-order chi connectivity index (χ1) is 13.0. The maximum atomic E-state index is 12.2. The fraction of sp³-hybridized carbons (Fsp3) is 0.105. The lowest BCUT2D eigenvalue weighted by molar-refractivity contribution is 0.0955. The first-order valence-electron chi connectivity index (χ1n) is 8.02. The highest BCUT2D eigenvalue weighted by Crippen LogP contribution is 2.25. The predicted octanol–water partition coefficient (Wildman–Crippen LogP) is 3.06. The molecule has 0 saturated heterocycles. The number of methoxy groups -OCH3 is 1. The van der Waals surface area contributed by atoms with Crippen molar-refractivity contribution in [3.63, 3.8) is 0 Å². The van der Waals surface area contributed by atoms with E-state index in [0.717, 1.165) is 5.56 Å². The number of nitrogens with zero attached hydrogens (tertiary/aromatic N) is 3. The summed E-state index contributed by atoms with van der Waals surface area (Å²) in [6.07, 6.45) is 4.77. The molecule has 138 valence electrons. The molecule has 0 aliphatic rings. The molecule has 0 unspecified atom stereocenters. The quantitative estimate of drug-likeness (QED) is 0.505. The van der Waals surface area contributed by atoms with E-state index in [-0.39, 0.29) is 11.7 Å². The number of hydrogen-bond acceptors (Lipinski definition) is 5. The third kappa shape index (κ3) is 4.86. The molecule has 0 atom stereocenters. The molecule has 0 spiro atoms. The number of aromatic hydroxyl groups is 1. The molecule has 0 aliphatic heterocycles. The highest BCUT2D eigenvalue weighted by Gasteiger charge is 2.05. The van der Waals surface area contributed by atoms with Crippen molar-refractivity contribution in [3.05, 3.63) is 76.6 Å². The number of rotatable bonds is 6. The summed E-state index contributed by atoms with van der Waals surface area (Å²) in [5.74, 6) is 0.0428. The first-order valence-corrected chi connectivity index (χ1v) is 8.40. The van der Waals surface area contributed by atoms with Crippen LogP contribution in [0.25, 0.3) is 0 Å². The van der Waals surface area contributed by atoms with Gasteiger partial charge in [-0.05, 0) is 41.5 Å². The molecular formula is C19H17ClN4O3. The Kier molecular flexibility index (Phi) is 5.73. The van der Waals surface area contributed by atoms with Crippen molar-refractivity contribution >= 4 is 23.7 Å². The molecule has 0 radical (unpaired) electrons. The summed E-state index contributed by atoms with van der Waals surface area (Å²) < 4.78 is 6.74. The predicted molar refractivity (Wildman–Crippen MR) is 102 cm³/mol. The number of nitrogens with one attached hydrogen (secondary N) is 1. The van der Waals surface area contributed by atoms with E-state index in [9.17, 15) is 9.90 Å². The summed E-state index contributed by atoms with van der Waals surface area (Å²) >= 11 is 5.84. The third-order valence-electron chi connectivity index (χ3n) is 3.75. The Morgan fingerprint density at radius 1 is 1.33 bits per heavy atom. The monoisotopic (exact) mass is 384 g/mol. The Balaban J connectivity index is 1.59. The first kappa shape index (κ1) is 18.5. The van der Waals surface area contributed by atoms with Crippen molar-refractivity contribution in [1.29, 1.82) is 0 Å². The van der Waals surface area contributed by atoms with E-state index in [2.05, 4.69) is 15.6 Å². The van der Waals surface area contributed by atoms with Gasteiger partial charge in [-0.1, -0.05) is 23.7 Å². The minimum absolute atomic E-state index is 0.0381. The molecular weight excluding hydrogens is 368 g/mol. The van der Waals surface area contributed by atoms with Gasteiger partial charge in [0.05, 0.1) is 31.1 Å². The van der Waals surface area contributed by atoms with Crippen molar-refractivity contribution in [2.24, 2.45) is 5.10 Å². The number of carbonyl (C=O) groups is 1. The molecule has 0 saturated carbocycles. The molecule has 0 fully saturated rings. The van der Waals surface area contributed by atoms with Gasteiger partial charge in [0.25, 0.3) is 5.91 Å². The van der Waals surface area contributed by atoms with Crippen LogP contribution >= 0.6 is 11.6 Å². The average Bonchev–Trinajstić information content (AvgIpc) is 3.08. The molecule has 2 aromatic carbocycles. The summed E-state index contributed by atoms with van der Waals surface area (Å²) in [6.45, 7) is 0.565. The van der Waals surface area contributed by atoms with Gasteiger partial charge in [0.15, 0.2) is 11.5 Å². The number of benzene rings is 2. The van der Waals surface area contributed by atoms with Gasteiger partial charge in [0, 0.05) is 11.8 Å². The second-order valence-corrected chi connectivity index (χ2v) is 6.12. The number of amides is 1. The van der Waals surface area contributed by atoms with Gasteiger partial charge in [0.1, 0.15) is 0 Å². The Hall–Kier alpha value is -3.32. The average molecular weight is 385 g/mol.